The van der Waals surface area contributed by atoms with E-state index >= 15 is 0 Å². The molecule has 1 N–H and O–H groups in total. The molecule has 2 aliphatic rings. The van der Waals surface area contributed by atoms with Crippen molar-refractivity contribution in [2.45, 2.75) is 12.8 Å². The predicted molar refractivity (Wildman–Crippen MR) is 64.0 cm³/mol. The number of hydrogen-bond acceptors (Lipinski definition) is 2. The fourth-order valence-corrected chi connectivity index (χ4v) is 2.15. The number of nitrogens with zero attached hydrogens (tertiary/aromatic N) is 1. The second-order valence-electron chi connectivity index (χ2n) is 4.08. The Labute approximate surface area is 93.9 Å². The van der Waals surface area contributed by atoms with E-state index in [1.54, 1.807) is 0 Å². The molecule has 1 aliphatic heterocycles. The number of benzene rings is 1. The summed E-state index contributed by atoms with van der Waals surface area (Å²) in [7, 11) is 0. The molecule has 0 aromatic heterocycles. The lowest BCUT2D eigenvalue weighted by Crippen LogP contribution is -2.28. The van der Waals surface area contributed by atoms with E-state index in [-0.39, 0.29) is 11.8 Å². The van der Waals surface area contributed by atoms with Gasteiger partial charge in [0.05, 0.1) is 23.0 Å². The van der Waals surface area contributed by atoms with Crippen molar-refractivity contribution >= 4 is 23.0 Å². The summed E-state index contributed by atoms with van der Waals surface area (Å²) >= 11 is 0. The number of aliphatic imine (C=N–C) groups is 1. The smallest absolute Gasteiger partial charge is 0.233 e. The molecule has 3 heteroatoms. The number of nitrogens with one attached hydrogen (secondary N) is 1. The van der Waals surface area contributed by atoms with Crippen molar-refractivity contribution in [3.63, 3.8) is 0 Å². The summed E-state index contributed by atoms with van der Waals surface area (Å²) in [6, 6.07) is 7.65. The molecule has 3 rings (SSSR count). The third-order valence-corrected chi connectivity index (χ3v) is 3.00. The van der Waals surface area contributed by atoms with Crippen molar-refractivity contribution < 1.29 is 4.79 Å². The first-order valence-corrected chi connectivity index (χ1v) is 5.49. The Morgan fingerprint density at radius 3 is 3.12 bits per heavy atom. The first-order chi connectivity index (χ1) is 7.84. The Bertz CT molecular complexity index is 502. The largest absolute Gasteiger partial charge is 0.324 e. The van der Waals surface area contributed by atoms with Crippen molar-refractivity contribution in [1.82, 2.24) is 0 Å². The first kappa shape index (κ1) is 9.33. The molecule has 3 nitrogen and oxygen atoms in total. The van der Waals surface area contributed by atoms with Crippen LogP contribution in [0.2, 0.25) is 0 Å². The van der Waals surface area contributed by atoms with E-state index in [2.05, 4.69) is 16.4 Å². The zero-order chi connectivity index (χ0) is 11.0. The van der Waals surface area contributed by atoms with Crippen molar-refractivity contribution in [1.29, 1.82) is 0 Å². The average molecular weight is 212 g/mol. The van der Waals surface area contributed by atoms with Crippen LogP contribution in [0.15, 0.2) is 41.4 Å². The van der Waals surface area contributed by atoms with Crippen molar-refractivity contribution in [3.8, 4) is 0 Å². The normalized spacial score (nSPS) is 22.6. The lowest BCUT2D eigenvalue weighted by molar-refractivity contribution is -0.118. The number of carbonyl (C=O) groups excluding carboxylic acids is 1. The highest BCUT2D eigenvalue weighted by molar-refractivity contribution is 6.17. The molecule has 1 unspecified atom stereocenters. The summed E-state index contributed by atoms with van der Waals surface area (Å²) in [5.74, 6) is -0.0227. The molecule has 16 heavy (non-hydrogen) atoms. The van der Waals surface area contributed by atoms with Gasteiger partial charge in [-0.3, -0.25) is 9.79 Å². The number of allylic oxidation sites excluding steroid dienone is 2. The van der Waals surface area contributed by atoms with Crippen molar-refractivity contribution in [2.75, 3.05) is 5.32 Å². The lowest BCUT2D eigenvalue weighted by atomic mass is 9.92. The first-order valence-electron chi connectivity index (χ1n) is 5.49. The number of amides is 1. The molecule has 1 aliphatic carbocycles. The molecule has 1 heterocycles. The van der Waals surface area contributed by atoms with Crippen LogP contribution in [0.4, 0.5) is 11.4 Å². The van der Waals surface area contributed by atoms with Gasteiger partial charge in [-0.25, -0.2) is 0 Å². The van der Waals surface area contributed by atoms with Crippen LogP contribution >= 0.6 is 0 Å². The summed E-state index contributed by atoms with van der Waals surface area (Å²) in [4.78, 5) is 16.5. The molecule has 0 radical (unpaired) electrons. The lowest BCUT2D eigenvalue weighted by Gasteiger charge is -2.16. The number of hydrogen-bond donors (Lipinski definition) is 1. The van der Waals surface area contributed by atoms with Crippen LogP contribution in [-0.2, 0) is 4.79 Å². The quantitative estimate of drug-likeness (QED) is 0.705. The van der Waals surface area contributed by atoms with Gasteiger partial charge in [-0.1, -0.05) is 18.2 Å². The van der Waals surface area contributed by atoms with Gasteiger partial charge in [-0.2, -0.15) is 0 Å². The summed E-state index contributed by atoms with van der Waals surface area (Å²) in [5, 5.41) is 2.93. The average Bonchev–Trinajstić information content (AvgIpc) is 2.45. The van der Waals surface area contributed by atoms with Crippen LogP contribution in [0.1, 0.15) is 12.8 Å². The molecule has 1 amide bonds. The van der Waals surface area contributed by atoms with Gasteiger partial charge < -0.3 is 5.32 Å². The number of para-hydroxylation sites is 2. The third-order valence-electron chi connectivity index (χ3n) is 3.00. The number of rotatable bonds is 0. The third kappa shape index (κ3) is 1.45. The van der Waals surface area contributed by atoms with Gasteiger partial charge in [-0.15, -0.1) is 0 Å². The van der Waals surface area contributed by atoms with Gasteiger partial charge in [0.2, 0.25) is 5.91 Å². The minimum absolute atomic E-state index is 0.0630. The summed E-state index contributed by atoms with van der Waals surface area (Å²) in [5.41, 5.74) is 2.54. The highest BCUT2D eigenvalue weighted by Crippen LogP contribution is 2.31. The van der Waals surface area contributed by atoms with Gasteiger partial charge in [0.15, 0.2) is 0 Å². The molecule has 1 atom stereocenters. The van der Waals surface area contributed by atoms with Crippen LogP contribution in [0.5, 0.6) is 0 Å². The van der Waals surface area contributed by atoms with Crippen LogP contribution in [-0.4, -0.2) is 11.6 Å². The molecule has 1 aromatic rings. The van der Waals surface area contributed by atoms with Crippen LogP contribution < -0.4 is 5.32 Å². The molecule has 80 valence electrons. The predicted octanol–water partition coefficient (Wildman–Crippen LogP) is 2.68. The second kappa shape index (κ2) is 3.59. The van der Waals surface area contributed by atoms with Gasteiger partial charge in [-0.05, 0) is 31.1 Å². The molecular formula is C13H12N2O. The topological polar surface area (TPSA) is 41.5 Å². The summed E-state index contributed by atoms with van der Waals surface area (Å²) in [6.07, 6.45) is 5.86. The number of fused-ring (bicyclic) bond motifs is 2. The fourth-order valence-electron chi connectivity index (χ4n) is 2.15. The van der Waals surface area contributed by atoms with E-state index in [1.165, 1.54) is 0 Å². The molecule has 0 saturated carbocycles. The van der Waals surface area contributed by atoms with Crippen LogP contribution in [0.25, 0.3) is 0 Å². The van der Waals surface area contributed by atoms with E-state index in [4.69, 9.17) is 0 Å². The molecule has 0 bridgehead atoms. The molecule has 1 aromatic carbocycles. The Morgan fingerprint density at radius 1 is 1.31 bits per heavy atom. The highest BCUT2D eigenvalue weighted by atomic mass is 16.1. The van der Waals surface area contributed by atoms with Gasteiger partial charge in [0.1, 0.15) is 0 Å². The van der Waals surface area contributed by atoms with Crippen molar-refractivity contribution in [2.24, 2.45) is 10.9 Å². The van der Waals surface area contributed by atoms with Gasteiger partial charge >= 0.3 is 0 Å². The van der Waals surface area contributed by atoms with E-state index < -0.39 is 0 Å². The Hall–Kier alpha value is -1.90. The van der Waals surface area contributed by atoms with E-state index in [0.29, 0.717) is 0 Å². The summed E-state index contributed by atoms with van der Waals surface area (Å²) in [6.45, 7) is 0. The molecular weight excluding hydrogens is 200 g/mol. The Balaban J connectivity index is 2.14. The Kier molecular flexibility index (Phi) is 2.10. The van der Waals surface area contributed by atoms with Crippen molar-refractivity contribution in [3.05, 3.63) is 36.4 Å². The maximum Gasteiger partial charge on any atom is 0.233 e. The molecule has 0 spiro atoms. The maximum atomic E-state index is 12.0. The van der Waals surface area contributed by atoms with Crippen LogP contribution in [0.3, 0.4) is 0 Å². The number of carbonyl (C=O) groups is 1. The highest BCUT2D eigenvalue weighted by Gasteiger charge is 2.27. The van der Waals surface area contributed by atoms with E-state index in [9.17, 15) is 4.79 Å². The summed E-state index contributed by atoms with van der Waals surface area (Å²) < 4.78 is 0. The SMILES string of the molecule is O=C1Nc2ccccc2N=C2C=CCCC12. The van der Waals surface area contributed by atoms with Gasteiger partial charge in [0.25, 0.3) is 0 Å². The van der Waals surface area contributed by atoms with Gasteiger partial charge in [0, 0.05) is 0 Å². The minimum atomic E-state index is -0.0857. The van der Waals surface area contributed by atoms with E-state index in [0.717, 1.165) is 29.9 Å². The standard InChI is InChI=1S/C13H12N2O/c16-13-9-5-1-2-6-10(9)14-11-7-3-4-8-12(11)15-13/h2-4,6-9H,1,5H2,(H,15,16). The zero-order valence-electron chi connectivity index (χ0n) is 8.81. The second-order valence-corrected chi connectivity index (χ2v) is 4.08. The maximum absolute atomic E-state index is 12.0. The Morgan fingerprint density at radius 2 is 2.19 bits per heavy atom. The number of anilines is 1. The monoisotopic (exact) mass is 212 g/mol. The van der Waals surface area contributed by atoms with E-state index in [1.807, 2.05) is 30.3 Å². The molecule has 0 saturated heterocycles. The minimum Gasteiger partial charge on any atom is -0.324 e. The fraction of sp³-hybridized carbons (Fsp3) is 0.231. The zero-order valence-corrected chi connectivity index (χ0v) is 8.81. The van der Waals surface area contributed by atoms with Crippen LogP contribution in [0, 0.1) is 5.92 Å². The molecule has 0 fully saturated rings.